The number of ether oxygens (including phenoxy) is 3. The minimum atomic E-state index is -0.290. The Bertz CT molecular complexity index is 2150. The molecule has 5 rings (SSSR count). The maximum absolute atomic E-state index is 11.6. The minimum Gasteiger partial charge on any atom is -0.494 e. The molecule has 5 N–H and O–H groups in total. The van der Waals surface area contributed by atoms with Crippen LogP contribution >= 0.6 is 0 Å². The van der Waals surface area contributed by atoms with Crippen molar-refractivity contribution in [1.29, 1.82) is 0 Å². The van der Waals surface area contributed by atoms with Gasteiger partial charge in [0, 0.05) is 81.1 Å². The second-order valence-electron chi connectivity index (χ2n) is 15.1. The summed E-state index contributed by atoms with van der Waals surface area (Å²) in [5.74, 6) is 2.11. The number of nitrogens with zero attached hydrogens (tertiary/aromatic N) is 6. The molecule has 0 saturated carbocycles. The molecule has 5 aromatic rings. The summed E-state index contributed by atoms with van der Waals surface area (Å²) in [6.07, 6.45) is 11.1. The van der Waals surface area contributed by atoms with Crippen LogP contribution in [-0.2, 0) is 45.6 Å². The highest BCUT2D eigenvalue weighted by Gasteiger charge is 2.15. The Morgan fingerprint density at radius 2 is 1.61 bits per heavy atom. The van der Waals surface area contributed by atoms with E-state index in [2.05, 4.69) is 65.8 Å². The third-order valence-corrected chi connectivity index (χ3v) is 10.4. The number of aromatic nitrogens is 5. The number of imide groups is 1. The van der Waals surface area contributed by atoms with Gasteiger partial charge < -0.3 is 35.1 Å². The van der Waals surface area contributed by atoms with Crippen molar-refractivity contribution in [2.75, 3.05) is 64.3 Å². The van der Waals surface area contributed by atoms with Gasteiger partial charge in [0.2, 0.25) is 12.3 Å². The van der Waals surface area contributed by atoms with Gasteiger partial charge in [-0.2, -0.15) is 0 Å². The number of unbranched alkanes of at least 4 members (excludes halogenated alkanes) is 2. The predicted octanol–water partition coefficient (Wildman–Crippen LogP) is 6.29. The van der Waals surface area contributed by atoms with E-state index >= 15 is 0 Å². The third-order valence-electron chi connectivity index (χ3n) is 10.4. The summed E-state index contributed by atoms with van der Waals surface area (Å²) in [7, 11) is 5.34. The average molecular weight is 909 g/mol. The molecule has 0 aliphatic carbocycles. The van der Waals surface area contributed by atoms with Crippen LogP contribution in [0.4, 0.5) is 11.4 Å². The van der Waals surface area contributed by atoms with Crippen molar-refractivity contribution in [2.24, 2.45) is 12.8 Å². The molecule has 0 radical (unpaired) electrons. The Morgan fingerprint density at radius 1 is 0.848 bits per heavy atom. The van der Waals surface area contributed by atoms with Crippen LogP contribution in [-0.4, -0.2) is 114 Å². The number of hydrogen-bond donors (Lipinski definition) is 4. The normalized spacial score (nSPS) is 11.0. The number of nitrogens with two attached hydrogens (primary N) is 1. The molecule has 0 spiro atoms. The molecule has 2 amide bonds. The van der Waals surface area contributed by atoms with E-state index in [0.29, 0.717) is 69.2 Å². The van der Waals surface area contributed by atoms with Crippen LogP contribution in [0.1, 0.15) is 90.0 Å². The highest BCUT2D eigenvalue weighted by molar-refractivity contribution is 5.85. The van der Waals surface area contributed by atoms with Crippen molar-refractivity contribution in [3.05, 3.63) is 113 Å². The molecule has 1 atom stereocenters. The Morgan fingerprint density at radius 3 is 2.35 bits per heavy atom. The average Bonchev–Trinajstić information content (AvgIpc) is 3.73. The van der Waals surface area contributed by atoms with Gasteiger partial charge in [0.1, 0.15) is 30.3 Å². The fourth-order valence-corrected chi connectivity index (χ4v) is 6.42. The fourth-order valence-electron chi connectivity index (χ4n) is 6.42. The Hall–Kier alpha value is -6.40. The van der Waals surface area contributed by atoms with Crippen molar-refractivity contribution in [1.82, 2.24) is 34.9 Å². The number of anilines is 2. The monoisotopic (exact) mass is 909 g/mol. The lowest BCUT2D eigenvalue weighted by molar-refractivity contribution is -0.125. The van der Waals surface area contributed by atoms with E-state index in [9.17, 15) is 19.2 Å². The van der Waals surface area contributed by atoms with E-state index in [0.717, 1.165) is 92.1 Å². The van der Waals surface area contributed by atoms with Gasteiger partial charge in [0.25, 0.3) is 0 Å². The largest absolute Gasteiger partial charge is 0.494 e. The topological polar surface area (TPSA) is 218 Å². The van der Waals surface area contributed by atoms with Crippen molar-refractivity contribution in [3.63, 3.8) is 0 Å². The highest BCUT2D eigenvalue weighted by atomic mass is 16.5. The Labute approximate surface area is 389 Å². The number of benzene rings is 3. The predicted molar refractivity (Wildman–Crippen MR) is 257 cm³/mol. The summed E-state index contributed by atoms with van der Waals surface area (Å²) in [6, 6.07) is 23.1. The van der Waals surface area contributed by atoms with Gasteiger partial charge in [-0.3, -0.25) is 29.4 Å². The molecule has 356 valence electrons. The number of aldehydes is 2. The first-order chi connectivity index (χ1) is 32.2. The second-order valence-corrected chi connectivity index (χ2v) is 15.1. The molecule has 0 bridgehead atoms. The lowest BCUT2D eigenvalue weighted by Crippen LogP contribution is -2.31. The Kier molecular flexibility index (Phi) is 26.4. The van der Waals surface area contributed by atoms with Gasteiger partial charge in [0.15, 0.2) is 11.6 Å². The number of rotatable bonds is 29. The molecular formula is C49H68N10O7. The number of amides is 2. The molecule has 2 heterocycles. The lowest BCUT2D eigenvalue weighted by atomic mass is 10.1. The Balaban J connectivity index is 0.000000400. The zero-order chi connectivity index (χ0) is 47.8. The molecule has 17 heteroatoms. The maximum atomic E-state index is 11.6. The molecular weight excluding hydrogens is 841 g/mol. The van der Waals surface area contributed by atoms with Gasteiger partial charge >= 0.3 is 0 Å². The van der Waals surface area contributed by atoms with Crippen LogP contribution in [0.3, 0.4) is 0 Å². The summed E-state index contributed by atoms with van der Waals surface area (Å²) >= 11 is 0. The van der Waals surface area contributed by atoms with E-state index in [1.54, 1.807) is 24.4 Å². The molecule has 0 saturated heterocycles. The highest BCUT2D eigenvalue weighted by Crippen LogP contribution is 2.19. The van der Waals surface area contributed by atoms with Gasteiger partial charge in [-0.15, -0.1) is 10.2 Å². The van der Waals surface area contributed by atoms with Crippen LogP contribution in [0.5, 0.6) is 5.75 Å². The lowest BCUT2D eigenvalue weighted by Gasteiger charge is -2.25. The first-order valence-corrected chi connectivity index (χ1v) is 22.4. The quantitative estimate of drug-likeness (QED) is 0.0306. The number of aryl methyl sites for hydroxylation is 1. The van der Waals surface area contributed by atoms with Gasteiger partial charge in [-0.25, -0.2) is 9.97 Å². The van der Waals surface area contributed by atoms with Crippen LogP contribution in [0.25, 0.3) is 11.5 Å². The number of nitrogens with one attached hydrogen (secondary N) is 3. The van der Waals surface area contributed by atoms with Crippen molar-refractivity contribution >= 4 is 36.3 Å². The molecule has 0 fully saturated rings. The van der Waals surface area contributed by atoms with Gasteiger partial charge in [0.05, 0.1) is 19.8 Å². The summed E-state index contributed by atoms with van der Waals surface area (Å²) in [6.45, 7) is 9.30. The third kappa shape index (κ3) is 20.2. The second kappa shape index (κ2) is 32.3. The molecule has 17 nitrogen and oxygen atoms in total. The summed E-state index contributed by atoms with van der Waals surface area (Å²) in [5, 5.41) is 17.1. The van der Waals surface area contributed by atoms with Crippen molar-refractivity contribution in [3.8, 4) is 17.3 Å². The van der Waals surface area contributed by atoms with Crippen LogP contribution in [0.2, 0.25) is 0 Å². The van der Waals surface area contributed by atoms with E-state index in [4.69, 9.17) is 14.2 Å². The summed E-state index contributed by atoms with van der Waals surface area (Å²) in [4.78, 5) is 54.4. The van der Waals surface area contributed by atoms with E-state index < -0.39 is 0 Å². The first kappa shape index (κ1) is 53.9. The van der Waals surface area contributed by atoms with Gasteiger partial charge in [-0.1, -0.05) is 31.2 Å². The van der Waals surface area contributed by atoms with Crippen molar-refractivity contribution < 1.29 is 33.4 Å². The van der Waals surface area contributed by atoms with Crippen molar-refractivity contribution in [2.45, 2.75) is 77.9 Å². The fraction of sp³-hybridized carbons (Fsp3) is 0.429. The van der Waals surface area contributed by atoms with Crippen LogP contribution < -0.4 is 26.4 Å². The SMILES string of the molecule is CCc1cccc(OCCCCCOCCCOCCNc2ccc(C=O)c(CN(C)C(C)CCC(=O)NC=O)c2)c1.CN.Cn1c(CNc2cccc(C=O)c2)nnc1-c1ccncn1. The molecule has 2 aromatic heterocycles. The van der Waals surface area contributed by atoms with E-state index in [-0.39, 0.29) is 18.4 Å². The number of hydrogen-bond acceptors (Lipinski definition) is 15. The summed E-state index contributed by atoms with van der Waals surface area (Å²) in [5.41, 5.74) is 10.5. The smallest absolute Gasteiger partial charge is 0.226 e. The van der Waals surface area contributed by atoms with E-state index in [1.165, 1.54) is 18.9 Å². The van der Waals surface area contributed by atoms with Crippen LogP contribution in [0.15, 0.2) is 85.3 Å². The van der Waals surface area contributed by atoms with E-state index in [1.807, 2.05) is 68.1 Å². The molecule has 3 aromatic carbocycles. The summed E-state index contributed by atoms with van der Waals surface area (Å²) < 4.78 is 19.2. The molecule has 0 aliphatic heterocycles. The molecule has 1 unspecified atom stereocenters. The first-order valence-electron chi connectivity index (χ1n) is 22.4. The molecule has 66 heavy (non-hydrogen) atoms. The molecule has 0 aliphatic rings. The number of carbonyl (C=O) groups is 4. The standard InChI is InChI=1S/C33H49N3O6.C15H14N6O.CH5N/c1-4-28-10-8-11-32(22-28)42-20-7-5-6-17-40-18-9-19-41-21-16-34-31-14-13-29(25-37)30(23-31)24-36(3)27(2)12-15-33(39)35-26-38;1-21-14(8-17-12-4-2-3-11(7-12)9-22)19-20-15(21)13-5-6-16-10-18-13;1-2/h8,10-11,13-14,22-23,25-27,34H,4-7,9,12,15-21,24H2,1-3H3,(H,35,38,39);2-7,9-10,17H,8H2,1H3;2H2,1H3. The maximum Gasteiger partial charge on any atom is 0.226 e. The van der Waals surface area contributed by atoms with Crippen LogP contribution in [0, 0.1) is 0 Å². The minimum absolute atomic E-state index is 0.102. The zero-order valence-corrected chi connectivity index (χ0v) is 39.1. The number of carbonyl (C=O) groups excluding carboxylic acids is 4. The zero-order valence-electron chi connectivity index (χ0n) is 39.1. The van der Waals surface area contributed by atoms with Gasteiger partial charge in [-0.05, 0) is 119 Å².